The summed E-state index contributed by atoms with van der Waals surface area (Å²) < 4.78 is 10.3. The molecule has 0 radical (unpaired) electrons. The number of nitrogens with zero attached hydrogens (tertiary/aromatic N) is 1. The van der Waals surface area contributed by atoms with E-state index in [2.05, 4.69) is 5.32 Å². The number of hydrogen-bond donors (Lipinski definition) is 1. The lowest BCUT2D eigenvalue weighted by molar-refractivity contribution is -0.128. The summed E-state index contributed by atoms with van der Waals surface area (Å²) in [6.07, 6.45) is 6.19. The molecule has 136 valence electrons. The highest BCUT2D eigenvalue weighted by Crippen LogP contribution is 2.17. The predicted molar refractivity (Wildman–Crippen MR) is 97.6 cm³/mol. The van der Waals surface area contributed by atoms with Crippen LogP contribution < -0.4 is 10.1 Å². The smallest absolute Gasteiger partial charge is 0.291 e. The summed E-state index contributed by atoms with van der Waals surface area (Å²) in [5, 5.41) is 2.70. The zero-order valence-corrected chi connectivity index (χ0v) is 14.7. The normalized spacial score (nSPS) is 14.8. The number of furan rings is 1. The van der Waals surface area contributed by atoms with Gasteiger partial charge in [-0.1, -0.05) is 12.1 Å². The van der Waals surface area contributed by atoms with Gasteiger partial charge in [-0.05, 0) is 55.2 Å². The van der Waals surface area contributed by atoms with Gasteiger partial charge in [-0.25, -0.2) is 0 Å². The van der Waals surface area contributed by atoms with Gasteiger partial charge in [0.2, 0.25) is 0 Å². The van der Waals surface area contributed by atoms with Gasteiger partial charge < -0.3 is 19.4 Å². The van der Waals surface area contributed by atoms with E-state index in [1.54, 1.807) is 30.2 Å². The minimum Gasteiger partial charge on any atom is -0.497 e. The first kappa shape index (κ1) is 17.8. The van der Waals surface area contributed by atoms with Crippen molar-refractivity contribution in [2.45, 2.75) is 19.3 Å². The van der Waals surface area contributed by atoms with E-state index < -0.39 is 5.91 Å². The Morgan fingerprint density at radius 1 is 1.12 bits per heavy atom. The molecular weight excluding hydrogens is 332 g/mol. The molecule has 6 nitrogen and oxygen atoms in total. The van der Waals surface area contributed by atoms with E-state index in [1.165, 1.54) is 6.26 Å². The van der Waals surface area contributed by atoms with Crippen molar-refractivity contribution in [1.29, 1.82) is 0 Å². The van der Waals surface area contributed by atoms with Crippen molar-refractivity contribution in [3.8, 4) is 5.75 Å². The van der Waals surface area contributed by atoms with Gasteiger partial charge in [0, 0.05) is 13.1 Å². The van der Waals surface area contributed by atoms with Gasteiger partial charge in [-0.2, -0.15) is 0 Å². The molecule has 1 saturated heterocycles. The van der Waals surface area contributed by atoms with Crippen LogP contribution in [0.25, 0.3) is 6.08 Å². The number of nitrogens with one attached hydrogen (secondary N) is 1. The van der Waals surface area contributed by atoms with E-state index >= 15 is 0 Å². The average molecular weight is 354 g/mol. The van der Waals surface area contributed by atoms with Crippen LogP contribution in [0, 0.1) is 0 Å². The van der Waals surface area contributed by atoms with E-state index in [4.69, 9.17) is 9.15 Å². The molecule has 1 aromatic carbocycles. The lowest BCUT2D eigenvalue weighted by Gasteiger charge is -2.27. The molecule has 1 aliphatic heterocycles. The first-order valence-corrected chi connectivity index (χ1v) is 8.67. The van der Waals surface area contributed by atoms with Gasteiger partial charge >= 0.3 is 0 Å². The van der Waals surface area contributed by atoms with Gasteiger partial charge in [0.25, 0.3) is 11.8 Å². The molecule has 0 spiro atoms. The summed E-state index contributed by atoms with van der Waals surface area (Å²) in [6.45, 7) is 1.41. The molecule has 26 heavy (non-hydrogen) atoms. The summed E-state index contributed by atoms with van der Waals surface area (Å²) in [5.41, 5.74) is 1.03. The number of hydrogen-bond acceptors (Lipinski definition) is 4. The molecule has 3 rings (SSSR count). The third kappa shape index (κ3) is 4.33. The molecular formula is C20H22N2O4. The molecule has 2 amide bonds. The quantitative estimate of drug-likeness (QED) is 0.838. The highest BCUT2D eigenvalue weighted by molar-refractivity contribution is 6.04. The Kier molecular flexibility index (Phi) is 5.73. The number of benzene rings is 1. The van der Waals surface area contributed by atoms with Crippen molar-refractivity contribution in [3.05, 3.63) is 59.7 Å². The Labute approximate surface area is 152 Å². The maximum atomic E-state index is 12.9. The van der Waals surface area contributed by atoms with Gasteiger partial charge in [0.15, 0.2) is 5.76 Å². The number of likely N-dealkylation sites (tertiary alicyclic amines) is 1. The molecule has 1 aromatic heterocycles. The largest absolute Gasteiger partial charge is 0.497 e. The van der Waals surface area contributed by atoms with E-state index in [9.17, 15) is 9.59 Å². The van der Waals surface area contributed by atoms with Crippen LogP contribution in [0.2, 0.25) is 0 Å². The number of ether oxygens (including phenoxy) is 1. The number of carbonyl (C=O) groups is 2. The monoisotopic (exact) mass is 354 g/mol. The molecule has 1 fully saturated rings. The highest BCUT2D eigenvalue weighted by atomic mass is 16.5. The van der Waals surface area contributed by atoms with E-state index in [-0.39, 0.29) is 17.4 Å². The Hall–Kier alpha value is -3.02. The minimum atomic E-state index is -0.444. The molecule has 1 N–H and O–H groups in total. The number of rotatable bonds is 5. The third-order valence-electron chi connectivity index (χ3n) is 4.29. The van der Waals surface area contributed by atoms with Crippen molar-refractivity contribution < 1.29 is 18.7 Å². The van der Waals surface area contributed by atoms with Crippen LogP contribution in [0.15, 0.2) is 52.8 Å². The molecule has 0 atom stereocenters. The summed E-state index contributed by atoms with van der Waals surface area (Å²) in [7, 11) is 1.60. The maximum absolute atomic E-state index is 12.9. The number of carbonyl (C=O) groups excluding carboxylic acids is 2. The van der Waals surface area contributed by atoms with Gasteiger partial charge in [0.05, 0.1) is 13.4 Å². The molecule has 0 unspecified atom stereocenters. The Balaban J connectivity index is 1.85. The first-order valence-electron chi connectivity index (χ1n) is 8.67. The second-order valence-corrected chi connectivity index (χ2v) is 6.12. The average Bonchev–Trinajstić information content (AvgIpc) is 3.23. The number of piperidine rings is 1. The molecule has 0 saturated carbocycles. The van der Waals surface area contributed by atoms with Crippen molar-refractivity contribution in [2.24, 2.45) is 0 Å². The molecule has 2 heterocycles. The second kappa shape index (κ2) is 8.38. The first-order chi connectivity index (χ1) is 12.7. The van der Waals surface area contributed by atoms with Crippen LogP contribution in [0.4, 0.5) is 0 Å². The summed E-state index contributed by atoms with van der Waals surface area (Å²) in [6, 6.07) is 10.5. The summed E-state index contributed by atoms with van der Waals surface area (Å²) >= 11 is 0. The van der Waals surface area contributed by atoms with E-state index in [0.29, 0.717) is 13.1 Å². The molecule has 6 heteroatoms. The van der Waals surface area contributed by atoms with Crippen molar-refractivity contribution in [2.75, 3.05) is 20.2 Å². The van der Waals surface area contributed by atoms with Crippen molar-refractivity contribution >= 4 is 17.9 Å². The highest BCUT2D eigenvalue weighted by Gasteiger charge is 2.23. The SMILES string of the molecule is COc1ccc(/C=C(\NC(=O)c2ccco2)C(=O)N2CCCCC2)cc1. The zero-order valence-electron chi connectivity index (χ0n) is 14.7. The molecule has 1 aliphatic rings. The van der Waals surface area contributed by atoms with Crippen molar-refractivity contribution in [1.82, 2.24) is 10.2 Å². The second-order valence-electron chi connectivity index (χ2n) is 6.12. The Morgan fingerprint density at radius 3 is 2.46 bits per heavy atom. The lowest BCUT2D eigenvalue weighted by atomic mass is 10.1. The Bertz CT molecular complexity index is 773. The van der Waals surface area contributed by atoms with Crippen LogP contribution in [-0.2, 0) is 4.79 Å². The lowest BCUT2D eigenvalue weighted by Crippen LogP contribution is -2.41. The van der Waals surface area contributed by atoms with Gasteiger partial charge in [0.1, 0.15) is 11.4 Å². The standard InChI is InChI=1S/C20H22N2O4/c1-25-16-9-7-15(8-10-16)14-17(20(24)22-11-3-2-4-12-22)21-19(23)18-6-5-13-26-18/h5-10,13-14H,2-4,11-12H2,1H3,(H,21,23)/b17-14-. The summed E-state index contributed by atoms with van der Waals surface area (Å²) in [5.74, 6) is 0.267. The van der Waals surface area contributed by atoms with Crippen molar-refractivity contribution in [3.63, 3.8) is 0 Å². The number of methoxy groups -OCH3 is 1. The third-order valence-corrected chi connectivity index (χ3v) is 4.29. The minimum absolute atomic E-state index is 0.164. The summed E-state index contributed by atoms with van der Waals surface area (Å²) in [4.78, 5) is 27.1. The van der Waals surface area contributed by atoms with E-state index in [1.807, 2.05) is 24.3 Å². The topological polar surface area (TPSA) is 71.8 Å². The maximum Gasteiger partial charge on any atom is 0.291 e. The van der Waals surface area contributed by atoms with E-state index in [0.717, 1.165) is 30.6 Å². The van der Waals surface area contributed by atoms with Gasteiger partial charge in [-0.15, -0.1) is 0 Å². The number of amides is 2. The zero-order chi connectivity index (χ0) is 18.4. The fourth-order valence-electron chi connectivity index (χ4n) is 2.88. The van der Waals surface area contributed by atoms with Crippen LogP contribution in [0.1, 0.15) is 35.4 Å². The predicted octanol–water partition coefficient (Wildman–Crippen LogP) is 3.07. The molecule has 2 aromatic rings. The Morgan fingerprint density at radius 2 is 1.85 bits per heavy atom. The van der Waals surface area contributed by atoms with Crippen LogP contribution in [0.3, 0.4) is 0 Å². The molecule has 0 bridgehead atoms. The molecule has 0 aliphatic carbocycles. The van der Waals surface area contributed by atoms with Crippen LogP contribution >= 0.6 is 0 Å². The van der Waals surface area contributed by atoms with Crippen LogP contribution in [0.5, 0.6) is 5.75 Å². The fraction of sp³-hybridized carbons (Fsp3) is 0.300. The van der Waals surface area contributed by atoms with Gasteiger partial charge in [-0.3, -0.25) is 9.59 Å². The fourth-order valence-corrected chi connectivity index (χ4v) is 2.88. The van der Waals surface area contributed by atoms with Crippen LogP contribution in [-0.4, -0.2) is 36.9 Å².